The molecule has 1 aliphatic rings. The lowest BCUT2D eigenvalue weighted by Crippen LogP contribution is -2.32. The molecule has 0 aromatic heterocycles. The average molecular weight is 356 g/mol. The van der Waals surface area contributed by atoms with Gasteiger partial charge in [-0.25, -0.2) is 0 Å². The SMILES string of the molecule is CC[C@@H](Oc1ccc2c(c1)CCCC2)C(=O)Nc1cccc(SC)c1. The molecule has 2 aromatic carbocycles. The Labute approximate surface area is 154 Å². The molecule has 0 saturated carbocycles. The summed E-state index contributed by atoms with van der Waals surface area (Å²) in [6.07, 6.45) is 6.93. The first-order chi connectivity index (χ1) is 12.2. The number of carbonyl (C=O) groups is 1. The first kappa shape index (κ1) is 17.9. The summed E-state index contributed by atoms with van der Waals surface area (Å²) in [6.45, 7) is 1.97. The zero-order valence-electron chi connectivity index (χ0n) is 14.9. The quantitative estimate of drug-likeness (QED) is 0.734. The Morgan fingerprint density at radius 3 is 2.72 bits per heavy atom. The van der Waals surface area contributed by atoms with Crippen LogP contribution in [0.15, 0.2) is 47.4 Å². The highest BCUT2D eigenvalue weighted by atomic mass is 32.2. The molecule has 4 heteroatoms. The molecule has 0 saturated heterocycles. The molecule has 0 bridgehead atoms. The standard InChI is InChI=1S/C21H25NO2S/c1-3-20(21(23)22-17-9-6-10-19(14-17)25-2)24-18-12-11-15-7-4-5-8-16(15)13-18/h6,9-14,20H,3-5,7-8H2,1-2H3,(H,22,23)/t20-/m1/s1. The van der Waals surface area contributed by atoms with Crippen LogP contribution < -0.4 is 10.1 Å². The van der Waals surface area contributed by atoms with Gasteiger partial charge in [-0.15, -0.1) is 11.8 Å². The fourth-order valence-electron chi connectivity index (χ4n) is 3.19. The first-order valence-electron chi connectivity index (χ1n) is 8.93. The molecule has 132 valence electrons. The van der Waals surface area contributed by atoms with E-state index in [0.717, 1.165) is 29.2 Å². The lowest BCUT2D eigenvalue weighted by molar-refractivity contribution is -0.122. The van der Waals surface area contributed by atoms with Crippen molar-refractivity contribution in [1.29, 1.82) is 0 Å². The zero-order valence-corrected chi connectivity index (χ0v) is 15.7. The van der Waals surface area contributed by atoms with Gasteiger partial charge in [0.25, 0.3) is 5.91 Å². The van der Waals surface area contributed by atoms with Gasteiger partial charge < -0.3 is 10.1 Å². The van der Waals surface area contributed by atoms with Gasteiger partial charge in [-0.3, -0.25) is 4.79 Å². The molecular weight excluding hydrogens is 330 g/mol. The maximum absolute atomic E-state index is 12.6. The predicted molar refractivity (Wildman–Crippen MR) is 105 cm³/mol. The van der Waals surface area contributed by atoms with E-state index >= 15 is 0 Å². The van der Waals surface area contributed by atoms with Crippen LogP contribution in [0.3, 0.4) is 0 Å². The number of hydrogen-bond acceptors (Lipinski definition) is 3. The lowest BCUT2D eigenvalue weighted by Gasteiger charge is -2.20. The molecule has 0 heterocycles. The van der Waals surface area contributed by atoms with Crippen LogP contribution in [0, 0.1) is 0 Å². The van der Waals surface area contributed by atoms with Crippen LogP contribution in [0.4, 0.5) is 5.69 Å². The second kappa shape index (κ2) is 8.43. The summed E-state index contributed by atoms with van der Waals surface area (Å²) in [6, 6.07) is 14.1. The second-order valence-electron chi connectivity index (χ2n) is 6.37. The summed E-state index contributed by atoms with van der Waals surface area (Å²) in [5.41, 5.74) is 3.60. The largest absolute Gasteiger partial charge is 0.481 e. The number of amides is 1. The minimum absolute atomic E-state index is 0.0986. The smallest absolute Gasteiger partial charge is 0.265 e. The van der Waals surface area contributed by atoms with Crippen molar-refractivity contribution >= 4 is 23.4 Å². The highest BCUT2D eigenvalue weighted by Crippen LogP contribution is 2.26. The van der Waals surface area contributed by atoms with Crippen LogP contribution in [0.5, 0.6) is 5.75 Å². The number of nitrogens with one attached hydrogen (secondary N) is 1. The van der Waals surface area contributed by atoms with E-state index in [4.69, 9.17) is 4.74 Å². The summed E-state index contributed by atoms with van der Waals surface area (Å²) in [7, 11) is 0. The highest BCUT2D eigenvalue weighted by molar-refractivity contribution is 7.98. The van der Waals surface area contributed by atoms with Gasteiger partial charge in [0, 0.05) is 10.6 Å². The summed E-state index contributed by atoms with van der Waals surface area (Å²) < 4.78 is 6.00. The minimum atomic E-state index is -0.487. The van der Waals surface area contributed by atoms with Crippen molar-refractivity contribution in [3.05, 3.63) is 53.6 Å². The van der Waals surface area contributed by atoms with Gasteiger partial charge in [0.1, 0.15) is 5.75 Å². The Balaban J connectivity index is 1.68. The fraction of sp³-hybridized carbons (Fsp3) is 0.381. The van der Waals surface area contributed by atoms with E-state index < -0.39 is 6.10 Å². The van der Waals surface area contributed by atoms with Crippen LogP contribution in [0.2, 0.25) is 0 Å². The van der Waals surface area contributed by atoms with Gasteiger partial charge in [-0.05, 0) is 79.8 Å². The van der Waals surface area contributed by atoms with E-state index in [2.05, 4.69) is 17.4 Å². The number of anilines is 1. The monoisotopic (exact) mass is 355 g/mol. The maximum Gasteiger partial charge on any atom is 0.265 e. The molecule has 1 aliphatic carbocycles. The number of hydrogen-bond donors (Lipinski definition) is 1. The van der Waals surface area contributed by atoms with Crippen molar-refractivity contribution < 1.29 is 9.53 Å². The van der Waals surface area contributed by atoms with Crippen molar-refractivity contribution in [3.63, 3.8) is 0 Å². The van der Waals surface area contributed by atoms with E-state index in [0.29, 0.717) is 6.42 Å². The van der Waals surface area contributed by atoms with Gasteiger partial charge in [-0.1, -0.05) is 19.1 Å². The average Bonchev–Trinajstić information content (AvgIpc) is 2.66. The fourth-order valence-corrected chi connectivity index (χ4v) is 3.65. The molecule has 25 heavy (non-hydrogen) atoms. The van der Waals surface area contributed by atoms with E-state index in [9.17, 15) is 4.79 Å². The molecule has 0 fully saturated rings. The number of benzene rings is 2. The van der Waals surface area contributed by atoms with Crippen molar-refractivity contribution in [2.45, 2.75) is 50.0 Å². The predicted octanol–water partition coefficient (Wildman–Crippen LogP) is 5.08. The topological polar surface area (TPSA) is 38.3 Å². The van der Waals surface area contributed by atoms with Crippen LogP contribution in [0.1, 0.15) is 37.3 Å². The van der Waals surface area contributed by atoms with E-state index in [1.165, 1.54) is 24.0 Å². The third-order valence-electron chi connectivity index (χ3n) is 4.60. The van der Waals surface area contributed by atoms with Crippen LogP contribution in [-0.2, 0) is 17.6 Å². The van der Waals surface area contributed by atoms with Gasteiger partial charge >= 0.3 is 0 Å². The molecule has 3 nitrogen and oxygen atoms in total. The molecule has 1 amide bonds. The van der Waals surface area contributed by atoms with Gasteiger partial charge in [0.15, 0.2) is 6.10 Å². The number of carbonyl (C=O) groups excluding carboxylic acids is 1. The molecule has 1 atom stereocenters. The zero-order chi connectivity index (χ0) is 17.6. The normalized spacial score (nSPS) is 14.5. The number of aryl methyl sites for hydroxylation is 2. The summed E-state index contributed by atoms with van der Waals surface area (Å²) in [5, 5.41) is 2.97. The lowest BCUT2D eigenvalue weighted by atomic mass is 9.92. The van der Waals surface area contributed by atoms with E-state index in [1.807, 2.05) is 43.5 Å². The van der Waals surface area contributed by atoms with Gasteiger partial charge in [-0.2, -0.15) is 0 Å². The Kier molecular flexibility index (Phi) is 6.03. The van der Waals surface area contributed by atoms with Crippen molar-refractivity contribution in [2.24, 2.45) is 0 Å². The summed E-state index contributed by atoms with van der Waals surface area (Å²) >= 11 is 1.66. The first-order valence-corrected chi connectivity index (χ1v) is 10.2. The molecule has 1 N–H and O–H groups in total. The molecule has 0 aliphatic heterocycles. The summed E-state index contributed by atoms with van der Waals surface area (Å²) in [4.78, 5) is 13.7. The van der Waals surface area contributed by atoms with Gasteiger partial charge in [0.2, 0.25) is 0 Å². The minimum Gasteiger partial charge on any atom is -0.481 e. The second-order valence-corrected chi connectivity index (χ2v) is 7.25. The maximum atomic E-state index is 12.6. The Hall–Kier alpha value is -1.94. The van der Waals surface area contributed by atoms with Crippen molar-refractivity contribution in [1.82, 2.24) is 0 Å². The van der Waals surface area contributed by atoms with Crippen molar-refractivity contribution in [3.8, 4) is 5.75 Å². The number of thioether (sulfide) groups is 1. The molecule has 0 spiro atoms. The van der Waals surface area contributed by atoms with E-state index in [-0.39, 0.29) is 5.91 Å². The third kappa shape index (κ3) is 4.57. The Bertz CT molecular complexity index is 744. The van der Waals surface area contributed by atoms with Crippen LogP contribution >= 0.6 is 11.8 Å². The Morgan fingerprint density at radius 2 is 1.96 bits per heavy atom. The number of ether oxygens (including phenoxy) is 1. The number of fused-ring (bicyclic) bond motifs is 1. The summed E-state index contributed by atoms with van der Waals surface area (Å²) in [5.74, 6) is 0.694. The third-order valence-corrected chi connectivity index (χ3v) is 5.32. The highest BCUT2D eigenvalue weighted by Gasteiger charge is 2.19. The Morgan fingerprint density at radius 1 is 1.16 bits per heavy atom. The van der Waals surface area contributed by atoms with Crippen LogP contribution in [0.25, 0.3) is 0 Å². The van der Waals surface area contributed by atoms with E-state index in [1.54, 1.807) is 11.8 Å². The molecular formula is C21H25NO2S. The molecule has 0 unspecified atom stereocenters. The number of rotatable bonds is 6. The van der Waals surface area contributed by atoms with Crippen molar-refractivity contribution in [2.75, 3.05) is 11.6 Å². The molecule has 0 radical (unpaired) electrons. The van der Waals surface area contributed by atoms with Gasteiger partial charge in [0.05, 0.1) is 0 Å². The van der Waals surface area contributed by atoms with Crippen LogP contribution in [-0.4, -0.2) is 18.3 Å². The molecule has 3 rings (SSSR count). The molecule has 2 aromatic rings.